The van der Waals surface area contributed by atoms with Crippen LogP contribution in [0.1, 0.15) is 13.8 Å². The van der Waals surface area contributed by atoms with Gasteiger partial charge in [-0.25, -0.2) is 4.98 Å². The molecular formula is C18H20N6O11Pr+. The van der Waals surface area contributed by atoms with Crippen molar-refractivity contribution in [2.24, 2.45) is 0 Å². The van der Waals surface area contributed by atoms with Gasteiger partial charge in [-0.15, -0.1) is 0 Å². The summed E-state index contributed by atoms with van der Waals surface area (Å²) < 4.78 is 0. The fourth-order valence-corrected chi connectivity index (χ4v) is 1.75. The molecule has 18 heteroatoms. The Morgan fingerprint density at radius 1 is 0.611 bits per heavy atom. The number of nitrogens with zero attached hydrogens (tertiary/aromatic N) is 6. The molecular weight excluding hydrogens is 617 g/mol. The Hall–Kier alpha value is -3.96. The minimum atomic E-state index is -1.75. The Kier molecular flexibility index (Phi) is 26.4. The molecule has 3 aromatic rings. The van der Waals surface area contributed by atoms with E-state index in [0.29, 0.717) is 0 Å². The van der Waals surface area contributed by atoms with Gasteiger partial charge in [-0.1, -0.05) is 18.2 Å². The van der Waals surface area contributed by atoms with Crippen LogP contribution in [-0.4, -0.2) is 36.0 Å². The Balaban J connectivity index is -0.000000238. The van der Waals surface area contributed by atoms with E-state index < -0.39 is 15.3 Å². The molecule has 0 aromatic carbocycles. The Bertz CT molecular complexity index is 912. The smallest absolute Gasteiger partial charge is 0.457 e. The number of hydrogen-bond donors (Lipinski definition) is 0. The summed E-state index contributed by atoms with van der Waals surface area (Å²) >= 11 is 0. The van der Waals surface area contributed by atoms with Crippen molar-refractivity contribution in [3.05, 3.63) is 113 Å². The molecule has 3 N–H and O–H groups in total. The SMILES string of the molecule is CC(C)=O.O=[N+]([O-])[O-].O=[N+]([O-])[O-].O=[N+]([O-])[O-].[OH3+].[Pr+3].c1ccc(-c2cccc(-c3ccccn3)n2)nc1. The number of ketones is 1. The summed E-state index contributed by atoms with van der Waals surface area (Å²) in [6.07, 6.45) is 3.54. The van der Waals surface area contributed by atoms with Crippen molar-refractivity contribution in [3.8, 4) is 22.8 Å². The molecule has 0 aliphatic carbocycles. The molecule has 3 aromatic heterocycles. The molecule has 36 heavy (non-hydrogen) atoms. The van der Waals surface area contributed by atoms with Crippen LogP contribution in [0.2, 0.25) is 0 Å². The van der Waals surface area contributed by atoms with Crippen LogP contribution in [-0.2, 0) is 10.3 Å². The summed E-state index contributed by atoms with van der Waals surface area (Å²) in [5, 5.41) is 44.2. The third-order valence-electron chi connectivity index (χ3n) is 2.60. The van der Waals surface area contributed by atoms with Gasteiger partial charge in [-0.2, -0.15) is 0 Å². The predicted octanol–water partition coefficient (Wildman–Crippen LogP) is 2.16. The molecule has 0 saturated heterocycles. The molecule has 0 amide bonds. The van der Waals surface area contributed by atoms with Crippen LogP contribution in [0.25, 0.3) is 22.8 Å². The number of rotatable bonds is 2. The summed E-state index contributed by atoms with van der Waals surface area (Å²) in [7, 11) is 0. The molecule has 0 aliphatic heterocycles. The predicted molar refractivity (Wildman–Crippen MR) is 123 cm³/mol. The Labute approximate surface area is 236 Å². The average molecular weight is 637 g/mol. The third kappa shape index (κ3) is 28.1. The summed E-state index contributed by atoms with van der Waals surface area (Å²) in [5.41, 5.74) is 3.46. The zero-order valence-electron chi connectivity index (χ0n) is 18.8. The second kappa shape index (κ2) is 24.2. The minimum Gasteiger partial charge on any atom is -0.457 e. The summed E-state index contributed by atoms with van der Waals surface area (Å²) in [4.78, 5) is 47.4. The van der Waals surface area contributed by atoms with E-state index in [9.17, 15) is 4.79 Å². The largest absolute Gasteiger partial charge is 3.00 e. The van der Waals surface area contributed by atoms with Gasteiger partial charge in [0.05, 0.1) is 38.0 Å². The van der Waals surface area contributed by atoms with E-state index in [2.05, 4.69) is 15.0 Å². The molecule has 0 aliphatic rings. The van der Waals surface area contributed by atoms with E-state index >= 15 is 0 Å². The van der Waals surface area contributed by atoms with Crippen LogP contribution >= 0.6 is 0 Å². The minimum absolute atomic E-state index is 0. The molecule has 0 unspecified atom stereocenters. The first kappa shape index (κ1) is 39.3. The molecule has 0 spiro atoms. The van der Waals surface area contributed by atoms with E-state index in [1.54, 1.807) is 12.4 Å². The van der Waals surface area contributed by atoms with Gasteiger partial charge in [0.1, 0.15) is 5.78 Å². The fraction of sp³-hybridized carbons (Fsp3) is 0.111. The van der Waals surface area contributed by atoms with Crippen LogP contribution in [0.3, 0.4) is 0 Å². The van der Waals surface area contributed by atoms with Crippen LogP contribution in [0.15, 0.2) is 67.0 Å². The van der Waals surface area contributed by atoms with Crippen LogP contribution in [0, 0.1) is 87.3 Å². The summed E-state index contributed by atoms with van der Waals surface area (Å²) in [5.74, 6) is 0.167. The van der Waals surface area contributed by atoms with Crippen LogP contribution < -0.4 is 0 Å². The number of hydrogen-bond acceptors (Lipinski definition) is 13. The zero-order valence-corrected chi connectivity index (χ0v) is 22.5. The first-order valence-electron chi connectivity index (χ1n) is 8.58. The standard InChI is InChI=1S/C15H11N3.C3H6O.3NO3.H2O.Pr/c1-3-10-16-12(6-1)14-8-5-9-15(18-14)13-7-2-4-11-17-13;1-3(2)4;3*2-1(3)4;;/h1-11H;1-2H3;;;;1H2;/q;;3*-1;;+3/p+1. The first-order chi connectivity index (χ1) is 15.9. The van der Waals surface area contributed by atoms with Crippen molar-refractivity contribution in [1.29, 1.82) is 0 Å². The van der Waals surface area contributed by atoms with Gasteiger partial charge in [0.15, 0.2) is 0 Å². The van der Waals surface area contributed by atoms with E-state index in [0.717, 1.165) is 22.8 Å². The monoisotopic (exact) mass is 637 g/mol. The first-order valence-corrected chi connectivity index (χ1v) is 8.58. The molecule has 190 valence electrons. The molecule has 0 bridgehead atoms. The van der Waals surface area contributed by atoms with Gasteiger partial charge in [0.25, 0.3) is 0 Å². The molecule has 17 nitrogen and oxygen atoms in total. The van der Waals surface area contributed by atoms with E-state index in [-0.39, 0.29) is 52.6 Å². The van der Waals surface area contributed by atoms with E-state index in [1.165, 1.54) is 13.8 Å². The maximum atomic E-state index is 9.44. The van der Waals surface area contributed by atoms with Gasteiger partial charge in [0, 0.05) is 12.4 Å². The second-order valence-electron chi connectivity index (χ2n) is 5.42. The van der Waals surface area contributed by atoms with Crippen molar-refractivity contribution in [3.63, 3.8) is 0 Å². The number of Topliss-reactive ketones (excluding diaryl/α,β-unsaturated/α-hetero) is 1. The van der Waals surface area contributed by atoms with Gasteiger partial charge >= 0.3 is 41.3 Å². The molecule has 0 radical (unpaired) electrons. The molecule has 3 rings (SSSR count). The van der Waals surface area contributed by atoms with Crippen molar-refractivity contribution in [2.75, 3.05) is 0 Å². The quantitative estimate of drug-likeness (QED) is 0.221. The number of carbonyl (C=O) groups is 1. The molecule has 0 atom stereocenters. The number of aromatic nitrogens is 3. The maximum Gasteiger partial charge on any atom is 3.00 e. The van der Waals surface area contributed by atoms with Gasteiger partial charge in [-0.05, 0) is 50.2 Å². The van der Waals surface area contributed by atoms with Crippen LogP contribution in [0.4, 0.5) is 0 Å². The topological polar surface area (TPSA) is 287 Å². The van der Waals surface area contributed by atoms with Crippen LogP contribution in [0.5, 0.6) is 0 Å². The summed E-state index contributed by atoms with van der Waals surface area (Å²) in [6.45, 7) is 3.06. The third-order valence-corrected chi connectivity index (χ3v) is 2.60. The van der Waals surface area contributed by atoms with E-state index in [1.807, 2.05) is 54.6 Å². The van der Waals surface area contributed by atoms with Gasteiger partial charge in [0.2, 0.25) is 0 Å². The van der Waals surface area contributed by atoms with E-state index in [4.69, 9.17) is 46.0 Å². The summed E-state index contributed by atoms with van der Waals surface area (Å²) in [6, 6.07) is 17.5. The number of pyridine rings is 3. The van der Waals surface area contributed by atoms with Crippen molar-refractivity contribution in [1.82, 2.24) is 15.0 Å². The Morgan fingerprint density at radius 3 is 1.08 bits per heavy atom. The molecule has 0 fully saturated rings. The maximum absolute atomic E-state index is 9.44. The molecule has 0 saturated carbocycles. The number of carbonyl (C=O) groups excluding carboxylic acids is 1. The average Bonchev–Trinajstić information content (AvgIpc) is 2.74. The van der Waals surface area contributed by atoms with Gasteiger partial charge < -0.3 is 56.2 Å². The van der Waals surface area contributed by atoms with Crippen molar-refractivity contribution in [2.45, 2.75) is 13.8 Å². The van der Waals surface area contributed by atoms with Crippen molar-refractivity contribution >= 4 is 5.78 Å². The molecule has 3 heterocycles. The fourth-order valence-electron chi connectivity index (χ4n) is 1.75. The zero-order chi connectivity index (χ0) is 26.5. The van der Waals surface area contributed by atoms with Gasteiger partial charge in [-0.3, -0.25) is 9.97 Å². The Morgan fingerprint density at radius 2 is 0.861 bits per heavy atom. The second-order valence-corrected chi connectivity index (χ2v) is 5.42. The van der Waals surface area contributed by atoms with Crippen molar-refractivity contribution < 1.29 is 66.8 Å². The normalized spacial score (nSPS) is 7.83.